The molecule has 1 aliphatic rings. The molecular formula is C14H19N3O2. The average Bonchev–Trinajstić information content (AvgIpc) is 3.07. The summed E-state index contributed by atoms with van der Waals surface area (Å²) in [6, 6.07) is 3.77. The van der Waals surface area contributed by atoms with Gasteiger partial charge in [0.15, 0.2) is 5.76 Å². The fourth-order valence-corrected chi connectivity index (χ4v) is 2.70. The third-order valence-corrected chi connectivity index (χ3v) is 3.93. The minimum atomic E-state index is 0.375. The second-order valence-electron chi connectivity index (χ2n) is 5.32. The number of hydrogen-bond donors (Lipinski definition) is 1. The average molecular weight is 261 g/mol. The molecular weight excluding hydrogens is 242 g/mol. The molecule has 19 heavy (non-hydrogen) atoms. The van der Waals surface area contributed by atoms with Crippen LogP contribution in [0.2, 0.25) is 0 Å². The molecule has 0 saturated heterocycles. The Labute approximate surface area is 112 Å². The molecule has 1 saturated carbocycles. The lowest BCUT2D eigenvalue weighted by Crippen LogP contribution is -2.20. The Kier molecular flexibility index (Phi) is 3.38. The molecule has 2 heterocycles. The van der Waals surface area contributed by atoms with Crippen molar-refractivity contribution in [1.82, 2.24) is 10.1 Å². The third kappa shape index (κ3) is 2.56. The lowest BCUT2D eigenvalue weighted by Gasteiger charge is -2.24. The zero-order valence-electron chi connectivity index (χ0n) is 11.1. The van der Waals surface area contributed by atoms with Gasteiger partial charge in [-0.1, -0.05) is 5.16 Å². The lowest BCUT2D eigenvalue weighted by atomic mass is 9.82. The molecule has 0 unspecified atom stereocenters. The summed E-state index contributed by atoms with van der Waals surface area (Å²) in [5, 5.41) is 4.01. The van der Waals surface area contributed by atoms with Crippen molar-refractivity contribution in [3.8, 4) is 11.6 Å². The van der Waals surface area contributed by atoms with E-state index in [1.165, 1.54) is 0 Å². The van der Waals surface area contributed by atoms with Crippen LogP contribution in [0, 0.1) is 12.8 Å². The minimum absolute atomic E-state index is 0.375. The molecule has 0 spiro atoms. The molecule has 5 nitrogen and oxygen atoms in total. The Morgan fingerprint density at radius 3 is 2.68 bits per heavy atom. The quantitative estimate of drug-likeness (QED) is 0.919. The molecule has 0 bridgehead atoms. The van der Waals surface area contributed by atoms with Gasteiger partial charge in [-0.2, -0.15) is 4.98 Å². The molecule has 1 aliphatic carbocycles. The van der Waals surface area contributed by atoms with E-state index in [-0.39, 0.29) is 0 Å². The normalized spacial score (nSPS) is 23.7. The summed E-state index contributed by atoms with van der Waals surface area (Å²) in [6.45, 7) is 2.69. The van der Waals surface area contributed by atoms with Crippen molar-refractivity contribution >= 4 is 0 Å². The number of furan rings is 1. The van der Waals surface area contributed by atoms with Gasteiger partial charge in [0.1, 0.15) is 5.76 Å². The summed E-state index contributed by atoms with van der Waals surface area (Å²) in [5.74, 6) is 3.84. The van der Waals surface area contributed by atoms with Crippen molar-refractivity contribution in [2.75, 3.05) is 6.54 Å². The zero-order chi connectivity index (χ0) is 13.2. The van der Waals surface area contributed by atoms with Crippen LogP contribution < -0.4 is 5.73 Å². The topological polar surface area (TPSA) is 78.1 Å². The molecule has 1 fully saturated rings. The minimum Gasteiger partial charge on any atom is -0.458 e. The highest BCUT2D eigenvalue weighted by atomic mass is 16.5. The summed E-state index contributed by atoms with van der Waals surface area (Å²) < 4.78 is 10.9. The Hall–Kier alpha value is -1.62. The molecule has 2 N–H and O–H groups in total. The lowest BCUT2D eigenvalue weighted by molar-refractivity contribution is 0.274. The highest BCUT2D eigenvalue weighted by molar-refractivity contribution is 5.45. The summed E-state index contributed by atoms with van der Waals surface area (Å²) in [6.07, 6.45) is 4.47. The molecule has 0 aromatic carbocycles. The Bertz CT molecular complexity index is 538. The standard InChI is InChI=1S/C14H19N3O2/c1-9-2-7-12(18-9)13-16-14(19-17-13)11-5-3-10(8-15)4-6-11/h2,7,10-11H,3-6,8,15H2,1H3. The number of rotatable bonds is 3. The predicted molar refractivity (Wildman–Crippen MR) is 70.5 cm³/mol. The Balaban J connectivity index is 1.72. The fourth-order valence-electron chi connectivity index (χ4n) is 2.70. The molecule has 0 radical (unpaired) electrons. The highest BCUT2D eigenvalue weighted by Gasteiger charge is 2.26. The Morgan fingerprint density at radius 1 is 1.26 bits per heavy atom. The monoisotopic (exact) mass is 261 g/mol. The van der Waals surface area contributed by atoms with E-state index in [4.69, 9.17) is 14.7 Å². The summed E-state index contributed by atoms with van der Waals surface area (Å²) in [4.78, 5) is 4.47. The molecule has 2 aromatic heterocycles. The van der Waals surface area contributed by atoms with E-state index in [2.05, 4.69) is 10.1 Å². The van der Waals surface area contributed by atoms with Gasteiger partial charge in [0.05, 0.1) is 0 Å². The smallest absolute Gasteiger partial charge is 0.238 e. The van der Waals surface area contributed by atoms with E-state index < -0.39 is 0 Å². The first-order chi connectivity index (χ1) is 9.26. The molecule has 0 aliphatic heterocycles. The molecule has 5 heteroatoms. The maximum atomic E-state index is 5.71. The van der Waals surface area contributed by atoms with Gasteiger partial charge in [0.2, 0.25) is 11.7 Å². The van der Waals surface area contributed by atoms with Crippen LogP contribution in [0.3, 0.4) is 0 Å². The van der Waals surface area contributed by atoms with Crippen molar-refractivity contribution in [3.05, 3.63) is 23.8 Å². The van der Waals surface area contributed by atoms with E-state index in [0.717, 1.165) is 43.9 Å². The highest BCUT2D eigenvalue weighted by Crippen LogP contribution is 2.35. The van der Waals surface area contributed by atoms with Gasteiger partial charge in [-0.15, -0.1) is 0 Å². The third-order valence-electron chi connectivity index (χ3n) is 3.93. The van der Waals surface area contributed by atoms with Gasteiger partial charge in [-0.05, 0) is 57.2 Å². The van der Waals surface area contributed by atoms with Gasteiger partial charge < -0.3 is 14.7 Å². The van der Waals surface area contributed by atoms with Crippen molar-refractivity contribution in [2.45, 2.75) is 38.5 Å². The van der Waals surface area contributed by atoms with Crippen LogP contribution in [0.15, 0.2) is 21.1 Å². The number of aromatic nitrogens is 2. The van der Waals surface area contributed by atoms with E-state index in [9.17, 15) is 0 Å². The molecule has 3 rings (SSSR count). The van der Waals surface area contributed by atoms with Crippen LogP contribution in [0.5, 0.6) is 0 Å². The van der Waals surface area contributed by atoms with Crippen molar-refractivity contribution in [1.29, 1.82) is 0 Å². The number of nitrogens with two attached hydrogens (primary N) is 1. The number of nitrogens with zero attached hydrogens (tertiary/aromatic N) is 2. The maximum absolute atomic E-state index is 5.71. The van der Waals surface area contributed by atoms with Crippen LogP contribution >= 0.6 is 0 Å². The molecule has 0 atom stereocenters. The largest absolute Gasteiger partial charge is 0.458 e. The fraction of sp³-hybridized carbons (Fsp3) is 0.571. The first kappa shape index (κ1) is 12.4. The number of hydrogen-bond acceptors (Lipinski definition) is 5. The summed E-state index contributed by atoms with van der Waals surface area (Å²) in [5.41, 5.74) is 5.71. The SMILES string of the molecule is Cc1ccc(-c2noc(C3CCC(CN)CC3)n2)o1. The van der Waals surface area contributed by atoms with Crippen LogP contribution in [-0.2, 0) is 0 Å². The van der Waals surface area contributed by atoms with Crippen molar-refractivity contribution in [3.63, 3.8) is 0 Å². The van der Waals surface area contributed by atoms with Gasteiger partial charge in [0, 0.05) is 5.92 Å². The molecule has 102 valence electrons. The molecule has 0 amide bonds. The first-order valence-electron chi connectivity index (χ1n) is 6.86. The zero-order valence-corrected chi connectivity index (χ0v) is 11.1. The van der Waals surface area contributed by atoms with E-state index in [0.29, 0.717) is 23.4 Å². The molecule has 2 aromatic rings. The van der Waals surface area contributed by atoms with Gasteiger partial charge in [-0.25, -0.2) is 0 Å². The van der Waals surface area contributed by atoms with Crippen LogP contribution in [-0.4, -0.2) is 16.7 Å². The maximum Gasteiger partial charge on any atom is 0.238 e. The van der Waals surface area contributed by atoms with Crippen LogP contribution in [0.1, 0.15) is 43.3 Å². The van der Waals surface area contributed by atoms with Crippen LogP contribution in [0.4, 0.5) is 0 Å². The van der Waals surface area contributed by atoms with Crippen molar-refractivity contribution in [2.24, 2.45) is 11.7 Å². The van der Waals surface area contributed by atoms with E-state index in [1.54, 1.807) is 0 Å². The van der Waals surface area contributed by atoms with Gasteiger partial charge in [0.25, 0.3) is 0 Å². The second kappa shape index (κ2) is 5.17. The second-order valence-corrected chi connectivity index (χ2v) is 5.32. The first-order valence-corrected chi connectivity index (χ1v) is 6.86. The number of aryl methyl sites for hydroxylation is 1. The van der Waals surface area contributed by atoms with E-state index >= 15 is 0 Å². The van der Waals surface area contributed by atoms with Crippen molar-refractivity contribution < 1.29 is 8.94 Å². The van der Waals surface area contributed by atoms with Gasteiger partial charge in [-0.3, -0.25) is 0 Å². The summed E-state index contributed by atoms with van der Waals surface area (Å²) >= 11 is 0. The predicted octanol–water partition coefficient (Wildman–Crippen LogP) is 2.87. The van der Waals surface area contributed by atoms with Crippen LogP contribution in [0.25, 0.3) is 11.6 Å². The summed E-state index contributed by atoms with van der Waals surface area (Å²) in [7, 11) is 0. The van der Waals surface area contributed by atoms with E-state index in [1.807, 2.05) is 19.1 Å². The van der Waals surface area contributed by atoms with Gasteiger partial charge >= 0.3 is 0 Å². The Morgan fingerprint density at radius 2 is 2.05 bits per heavy atom.